The van der Waals surface area contributed by atoms with Crippen molar-refractivity contribution in [2.24, 2.45) is 0 Å². The normalized spacial score (nSPS) is 17.2. The molecule has 122 valence electrons. The van der Waals surface area contributed by atoms with Gasteiger partial charge in [0.1, 0.15) is 11.9 Å². The molecular formula is C16H20N4O2S. The van der Waals surface area contributed by atoms with Crippen LogP contribution < -0.4 is 10.1 Å². The summed E-state index contributed by atoms with van der Waals surface area (Å²) in [6, 6.07) is 3.41. The third-order valence-corrected chi connectivity index (χ3v) is 4.87. The molecule has 1 atom stereocenters. The first-order valence-electron chi connectivity index (χ1n) is 7.69. The number of nitrogens with one attached hydrogen (secondary N) is 1. The summed E-state index contributed by atoms with van der Waals surface area (Å²) in [4.78, 5) is 20.6. The number of amides is 1. The minimum Gasteiger partial charge on any atom is -0.473 e. The van der Waals surface area contributed by atoms with Gasteiger partial charge in [-0.15, -0.1) is 0 Å². The maximum absolute atomic E-state index is 12.2. The summed E-state index contributed by atoms with van der Waals surface area (Å²) in [5, 5.41) is 2.91. The van der Waals surface area contributed by atoms with Crippen LogP contribution in [0.25, 0.3) is 0 Å². The molecule has 2 aromatic rings. The number of aryl methyl sites for hydroxylation is 1. The van der Waals surface area contributed by atoms with Gasteiger partial charge in [-0.25, -0.2) is 9.97 Å². The molecule has 7 heteroatoms. The lowest BCUT2D eigenvalue weighted by Gasteiger charge is -2.12. The minimum atomic E-state index is -0.115. The van der Waals surface area contributed by atoms with Crippen molar-refractivity contribution in [2.75, 3.05) is 18.1 Å². The van der Waals surface area contributed by atoms with Crippen molar-refractivity contribution in [3.63, 3.8) is 0 Å². The maximum atomic E-state index is 12.2. The Morgan fingerprint density at radius 3 is 3.13 bits per heavy atom. The molecule has 0 aliphatic carbocycles. The number of imidazole rings is 1. The molecule has 1 N–H and O–H groups in total. The molecule has 1 aliphatic heterocycles. The minimum absolute atomic E-state index is 0.115. The third kappa shape index (κ3) is 4.25. The molecule has 1 fully saturated rings. The van der Waals surface area contributed by atoms with Crippen molar-refractivity contribution in [2.45, 2.75) is 26.0 Å². The van der Waals surface area contributed by atoms with E-state index in [-0.39, 0.29) is 12.0 Å². The Bertz CT molecular complexity index is 668. The topological polar surface area (TPSA) is 69.0 Å². The van der Waals surface area contributed by atoms with E-state index >= 15 is 0 Å². The van der Waals surface area contributed by atoms with Crippen LogP contribution >= 0.6 is 11.8 Å². The number of carbonyl (C=O) groups is 1. The molecule has 0 spiro atoms. The molecule has 0 aromatic carbocycles. The molecule has 1 amide bonds. The van der Waals surface area contributed by atoms with Crippen molar-refractivity contribution in [1.29, 1.82) is 0 Å². The quantitative estimate of drug-likeness (QED) is 0.875. The Morgan fingerprint density at radius 2 is 2.39 bits per heavy atom. The van der Waals surface area contributed by atoms with E-state index < -0.39 is 0 Å². The van der Waals surface area contributed by atoms with Gasteiger partial charge in [0, 0.05) is 49.1 Å². The van der Waals surface area contributed by atoms with Crippen LogP contribution in [0.2, 0.25) is 0 Å². The molecule has 1 saturated heterocycles. The van der Waals surface area contributed by atoms with E-state index in [1.165, 1.54) is 0 Å². The molecule has 0 radical (unpaired) electrons. The molecule has 23 heavy (non-hydrogen) atoms. The van der Waals surface area contributed by atoms with Gasteiger partial charge in [0.15, 0.2) is 0 Å². The number of aromatic nitrogens is 3. The van der Waals surface area contributed by atoms with Crippen LogP contribution in [0.1, 0.15) is 22.6 Å². The van der Waals surface area contributed by atoms with E-state index in [9.17, 15) is 4.79 Å². The second kappa shape index (κ2) is 7.50. The van der Waals surface area contributed by atoms with E-state index in [2.05, 4.69) is 15.3 Å². The first kappa shape index (κ1) is 15.9. The number of rotatable bonds is 6. The Balaban J connectivity index is 1.53. The van der Waals surface area contributed by atoms with Crippen LogP contribution in [0.15, 0.2) is 30.7 Å². The number of thioether (sulfide) groups is 1. The predicted octanol–water partition coefficient (Wildman–Crippen LogP) is 1.90. The lowest BCUT2D eigenvalue weighted by molar-refractivity contribution is 0.0951. The van der Waals surface area contributed by atoms with E-state index in [4.69, 9.17) is 4.74 Å². The number of nitrogens with zero attached hydrogens (tertiary/aromatic N) is 3. The van der Waals surface area contributed by atoms with Crippen LogP contribution in [0.5, 0.6) is 5.88 Å². The number of ether oxygens (including phenoxy) is 1. The highest BCUT2D eigenvalue weighted by atomic mass is 32.2. The summed E-state index contributed by atoms with van der Waals surface area (Å²) in [7, 11) is 0. The standard InChI is InChI=1S/C16H20N4O2S/c1-12-17-5-7-20(12)8-6-19-16(21)13-2-4-18-15(10-13)22-14-3-9-23-11-14/h2,4-5,7,10,14H,3,6,8-9,11H2,1H3,(H,19,21)/t14-/m0/s1. The second-order valence-electron chi connectivity index (χ2n) is 5.41. The van der Waals surface area contributed by atoms with Gasteiger partial charge < -0.3 is 14.6 Å². The molecule has 0 unspecified atom stereocenters. The fourth-order valence-electron chi connectivity index (χ4n) is 2.42. The van der Waals surface area contributed by atoms with Crippen LogP contribution in [0, 0.1) is 6.92 Å². The molecular weight excluding hydrogens is 312 g/mol. The van der Waals surface area contributed by atoms with Crippen molar-refractivity contribution in [1.82, 2.24) is 19.9 Å². The number of hydrogen-bond donors (Lipinski definition) is 1. The first-order chi connectivity index (χ1) is 11.2. The van der Waals surface area contributed by atoms with Gasteiger partial charge in [0.2, 0.25) is 5.88 Å². The highest BCUT2D eigenvalue weighted by Crippen LogP contribution is 2.22. The molecule has 0 bridgehead atoms. The average molecular weight is 332 g/mol. The number of carbonyl (C=O) groups excluding carboxylic acids is 1. The zero-order valence-corrected chi connectivity index (χ0v) is 13.9. The van der Waals surface area contributed by atoms with E-state index in [0.29, 0.717) is 24.5 Å². The highest BCUT2D eigenvalue weighted by Gasteiger charge is 2.18. The van der Waals surface area contributed by atoms with E-state index in [1.54, 1.807) is 24.5 Å². The zero-order valence-electron chi connectivity index (χ0n) is 13.1. The van der Waals surface area contributed by atoms with Gasteiger partial charge >= 0.3 is 0 Å². The van der Waals surface area contributed by atoms with Crippen LogP contribution in [0.4, 0.5) is 0 Å². The molecule has 1 aliphatic rings. The molecule has 0 saturated carbocycles. The van der Waals surface area contributed by atoms with Gasteiger partial charge in [-0.2, -0.15) is 11.8 Å². The number of hydrogen-bond acceptors (Lipinski definition) is 5. The Hall–Kier alpha value is -2.02. The highest BCUT2D eigenvalue weighted by molar-refractivity contribution is 7.99. The average Bonchev–Trinajstić information content (AvgIpc) is 3.20. The van der Waals surface area contributed by atoms with Gasteiger partial charge in [-0.05, 0) is 25.2 Å². The monoisotopic (exact) mass is 332 g/mol. The largest absolute Gasteiger partial charge is 0.473 e. The second-order valence-corrected chi connectivity index (χ2v) is 6.56. The fourth-order valence-corrected chi connectivity index (χ4v) is 3.52. The maximum Gasteiger partial charge on any atom is 0.251 e. The van der Waals surface area contributed by atoms with Crippen molar-refractivity contribution in [3.05, 3.63) is 42.1 Å². The Labute approximate surface area is 139 Å². The van der Waals surface area contributed by atoms with Gasteiger partial charge in [-0.3, -0.25) is 4.79 Å². The third-order valence-electron chi connectivity index (χ3n) is 3.73. The van der Waals surface area contributed by atoms with Gasteiger partial charge in [-0.1, -0.05) is 0 Å². The van der Waals surface area contributed by atoms with Crippen LogP contribution in [-0.4, -0.2) is 44.6 Å². The van der Waals surface area contributed by atoms with Gasteiger partial charge in [0.05, 0.1) is 0 Å². The van der Waals surface area contributed by atoms with E-state index in [1.807, 2.05) is 29.4 Å². The fraction of sp³-hybridized carbons (Fsp3) is 0.438. The lowest BCUT2D eigenvalue weighted by Crippen LogP contribution is -2.27. The van der Waals surface area contributed by atoms with E-state index in [0.717, 1.165) is 23.8 Å². The summed E-state index contributed by atoms with van der Waals surface area (Å²) in [5.41, 5.74) is 0.572. The molecule has 3 heterocycles. The lowest BCUT2D eigenvalue weighted by atomic mass is 10.2. The molecule has 3 rings (SSSR count). The molecule has 6 nitrogen and oxygen atoms in total. The van der Waals surface area contributed by atoms with Crippen LogP contribution in [-0.2, 0) is 6.54 Å². The van der Waals surface area contributed by atoms with Crippen molar-refractivity contribution >= 4 is 17.7 Å². The van der Waals surface area contributed by atoms with Gasteiger partial charge in [0.25, 0.3) is 5.91 Å². The summed E-state index contributed by atoms with van der Waals surface area (Å²) < 4.78 is 7.82. The summed E-state index contributed by atoms with van der Waals surface area (Å²) >= 11 is 1.88. The summed E-state index contributed by atoms with van der Waals surface area (Å²) in [6.07, 6.45) is 6.51. The molecule has 2 aromatic heterocycles. The van der Waals surface area contributed by atoms with Crippen LogP contribution in [0.3, 0.4) is 0 Å². The predicted molar refractivity (Wildman–Crippen MR) is 89.9 cm³/mol. The van der Waals surface area contributed by atoms with Crippen molar-refractivity contribution in [3.8, 4) is 5.88 Å². The number of pyridine rings is 1. The Kier molecular flexibility index (Phi) is 5.17. The van der Waals surface area contributed by atoms with Crippen molar-refractivity contribution < 1.29 is 9.53 Å². The Morgan fingerprint density at radius 1 is 1.48 bits per heavy atom. The summed E-state index contributed by atoms with van der Waals surface area (Å²) in [6.45, 7) is 3.19. The SMILES string of the molecule is Cc1nccn1CCNC(=O)c1ccnc(O[C@H]2CCSC2)c1. The zero-order chi connectivity index (χ0) is 16.1. The summed E-state index contributed by atoms with van der Waals surface area (Å²) in [5.74, 6) is 3.46. The smallest absolute Gasteiger partial charge is 0.251 e. The first-order valence-corrected chi connectivity index (χ1v) is 8.84.